The van der Waals surface area contributed by atoms with Gasteiger partial charge in [0, 0.05) is 10.8 Å². The summed E-state index contributed by atoms with van der Waals surface area (Å²) in [6, 6.07) is 20.6. The maximum atomic E-state index is 9.19. The van der Waals surface area contributed by atoms with Crippen molar-refractivity contribution in [1.82, 2.24) is 0 Å². The Balaban J connectivity index is 1.35. The number of hydrogen-bond donors (Lipinski definition) is 0. The first-order chi connectivity index (χ1) is 27.7. The SMILES string of the molecule is [2H]c1c([2H])c([2H])c(-c2c3c([2H])c([2H])c([2H])c([2H])c3c(-c3ccc(-c4ccc5oc6cccc(-c7ccccc7)c6c5c4)cc3)c3c([2H])c([2H])c([2H])c([2H])c23)c([2H])c1[2H]. The third-order valence-electron chi connectivity index (χ3n) is 8.21. The zero-order valence-electron chi connectivity index (χ0n) is 36.6. The summed E-state index contributed by atoms with van der Waals surface area (Å²) in [5.41, 5.74) is 4.82. The van der Waals surface area contributed by atoms with Crippen molar-refractivity contribution in [2.75, 3.05) is 0 Å². The maximum absolute atomic E-state index is 9.19. The van der Waals surface area contributed by atoms with Gasteiger partial charge < -0.3 is 4.42 Å². The van der Waals surface area contributed by atoms with E-state index in [1.54, 1.807) is 12.1 Å². The molecule has 0 N–H and O–H groups in total. The van der Waals surface area contributed by atoms with Crippen molar-refractivity contribution in [3.05, 3.63) is 170 Å². The first-order valence-electron chi connectivity index (χ1n) is 20.9. The first-order valence-corrected chi connectivity index (χ1v) is 14.4. The molecule has 0 atom stereocenters. The first kappa shape index (κ1) is 15.7. The van der Waals surface area contributed by atoms with Crippen LogP contribution in [0.3, 0.4) is 0 Å². The minimum atomic E-state index is -0.712. The molecule has 9 rings (SSSR count). The molecule has 0 saturated heterocycles. The molecule has 0 amide bonds. The van der Waals surface area contributed by atoms with Gasteiger partial charge in [0.05, 0.1) is 17.8 Å². The van der Waals surface area contributed by atoms with Gasteiger partial charge in [-0.15, -0.1) is 0 Å². The number of hydrogen-bond acceptors (Lipinski definition) is 1. The molecule has 0 unspecified atom stereocenters. The number of furan rings is 1. The second-order valence-electron chi connectivity index (χ2n) is 10.7. The minimum Gasteiger partial charge on any atom is -0.456 e. The quantitative estimate of drug-likeness (QED) is 0.187. The second-order valence-corrected chi connectivity index (χ2v) is 10.7. The molecule has 8 aromatic carbocycles. The van der Waals surface area contributed by atoms with Crippen LogP contribution >= 0.6 is 0 Å². The van der Waals surface area contributed by atoms with Gasteiger partial charge in [-0.05, 0) is 84.3 Å². The predicted molar refractivity (Wildman–Crippen MR) is 190 cm³/mol. The molecule has 0 saturated carbocycles. The van der Waals surface area contributed by atoms with Gasteiger partial charge in [-0.3, -0.25) is 0 Å². The lowest BCUT2D eigenvalue weighted by Gasteiger charge is -2.18. The van der Waals surface area contributed by atoms with Crippen LogP contribution in [0.15, 0.2) is 174 Å². The van der Waals surface area contributed by atoms with Crippen molar-refractivity contribution >= 4 is 43.5 Å². The third-order valence-corrected chi connectivity index (χ3v) is 8.21. The van der Waals surface area contributed by atoms with Crippen LogP contribution in [-0.2, 0) is 0 Å². The lowest BCUT2D eigenvalue weighted by atomic mass is 9.86. The van der Waals surface area contributed by atoms with E-state index in [-0.39, 0.29) is 32.7 Å². The molecule has 0 aliphatic heterocycles. The summed E-state index contributed by atoms with van der Waals surface area (Å²) in [5.74, 6) is 0. The molecule has 0 radical (unpaired) electrons. The third kappa shape index (κ3) is 4.17. The normalized spacial score (nSPS) is 15.6. The number of benzene rings is 8. The second kappa shape index (κ2) is 10.4. The topological polar surface area (TPSA) is 13.1 Å². The van der Waals surface area contributed by atoms with Gasteiger partial charge in [-0.25, -0.2) is 0 Å². The van der Waals surface area contributed by atoms with Crippen molar-refractivity contribution in [2.24, 2.45) is 0 Å². The van der Waals surface area contributed by atoms with E-state index in [4.69, 9.17) is 19.5 Å². The highest BCUT2D eigenvalue weighted by Crippen LogP contribution is 2.44. The maximum Gasteiger partial charge on any atom is 0.136 e. The summed E-state index contributed by atoms with van der Waals surface area (Å²) in [4.78, 5) is 0. The molecule has 0 aliphatic rings. The van der Waals surface area contributed by atoms with E-state index < -0.39 is 84.1 Å². The van der Waals surface area contributed by atoms with Gasteiger partial charge in [0.15, 0.2) is 0 Å². The van der Waals surface area contributed by atoms with E-state index in [0.29, 0.717) is 11.1 Å². The summed E-state index contributed by atoms with van der Waals surface area (Å²) in [5, 5.41) is 1.13. The summed E-state index contributed by atoms with van der Waals surface area (Å²) in [6.45, 7) is 0. The van der Waals surface area contributed by atoms with E-state index in [1.807, 2.05) is 72.8 Å². The molecule has 0 fully saturated rings. The molecule has 1 aromatic heterocycles. The summed E-state index contributed by atoms with van der Waals surface area (Å²) in [6.07, 6.45) is 0. The van der Waals surface area contributed by atoms with E-state index in [2.05, 4.69) is 6.07 Å². The van der Waals surface area contributed by atoms with Crippen molar-refractivity contribution < 1.29 is 22.2 Å². The molecule has 1 heteroatoms. The van der Waals surface area contributed by atoms with Crippen LogP contribution in [-0.4, -0.2) is 0 Å². The molecule has 0 aliphatic carbocycles. The molecular formula is C44H28O. The summed E-state index contributed by atoms with van der Waals surface area (Å²) < 4.78 is 120. The van der Waals surface area contributed by atoms with E-state index in [1.165, 1.54) is 0 Å². The average molecular weight is 586 g/mol. The highest BCUT2D eigenvalue weighted by Gasteiger charge is 2.17. The molecule has 210 valence electrons. The van der Waals surface area contributed by atoms with Gasteiger partial charge in [-0.1, -0.05) is 151 Å². The Morgan fingerprint density at radius 2 is 0.956 bits per heavy atom. The predicted octanol–water partition coefficient (Wildman–Crippen LogP) is 12.6. The molecule has 45 heavy (non-hydrogen) atoms. The monoisotopic (exact) mass is 585 g/mol. The Morgan fingerprint density at radius 3 is 1.62 bits per heavy atom. The van der Waals surface area contributed by atoms with Crippen LogP contribution in [0.4, 0.5) is 0 Å². The zero-order chi connectivity index (χ0) is 41.1. The van der Waals surface area contributed by atoms with Crippen molar-refractivity contribution in [3.63, 3.8) is 0 Å². The van der Waals surface area contributed by atoms with Crippen LogP contribution in [0.2, 0.25) is 0 Å². The fourth-order valence-corrected chi connectivity index (χ4v) is 6.23. The van der Waals surface area contributed by atoms with Gasteiger partial charge >= 0.3 is 0 Å². The smallest absolute Gasteiger partial charge is 0.136 e. The Hall–Kier alpha value is -5.92. The molecule has 1 heterocycles. The molecular weight excluding hydrogens is 544 g/mol. The van der Waals surface area contributed by atoms with Crippen LogP contribution in [0.25, 0.3) is 88.0 Å². The summed E-state index contributed by atoms with van der Waals surface area (Å²) in [7, 11) is 0. The fourth-order valence-electron chi connectivity index (χ4n) is 6.23. The Bertz CT molecular complexity index is 3140. The standard InChI is InChI=1S/C44H28O/c1-3-12-30(13-4-1)34-20-11-21-41-44(34)39-28-33(26-27-40(39)45-41)29-22-24-32(25-23-29)43-37-18-9-7-16-35(37)42(31-14-5-2-6-15-31)36-17-8-10-19-38(36)43/h1-28H/i2D,5D,6D,7D,8D,9D,10D,14D,15D,16D,17D,18D,19D. The molecule has 0 spiro atoms. The highest BCUT2D eigenvalue weighted by atomic mass is 16.3. The molecule has 9 aromatic rings. The largest absolute Gasteiger partial charge is 0.456 e. The van der Waals surface area contributed by atoms with Crippen LogP contribution in [0.5, 0.6) is 0 Å². The van der Waals surface area contributed by atoms with E-state index in [0.717, 1.165) is 38.6 Å². The lowest BCUT2D eigenvalue weighted by Crippen LogP contribution is -1.90. The molecule has 1 nitrogen and oxygen atoms in total. The van der Waals surface area contributed by atoms with Gasteiger partial charge in [-0.2, -0.15) is 0 Å². The van der Waals surface area contributed by atoms with Crippen LogP contribution in [0.1, 0.15) is 17.8 Å². The van der Waals surface area contributed by atoms with Gasteiger partial charge in [0.1, 0.15) is 11.2 Å². The number of fused-ring (bicyclic) bond motifs is 5. The average Bonchev–Trinajstić information content (AvgIpc) is 3.63. The minimum absolute atomic E-state index is 0.0791. The van der Waals surface area contributed by atoms with Gasteiger partial charge in [0.2, 0.25) is 0 Å². The van der Waals surface area contributed by atoms with Crippen molar-refractivity contribution in [3.8, 4) is 44.5 Å². The van der Waals surface area contributed by atoms with Crippen molar-refractivity contribution in [2.45, 2.75) is 0 Å². The van der Waals surface area contributed by atoms with Gasteiger partial charge in [0.25, 0.3) is 0 Å². The number of rotatable bonds is 4. The Morgan fingerprint density at radius 1 is 0.378 bits per heavy atom. The van der Waals surface area contributed by atoms with E-state index >= 15 is 0 Å². The summed E-state index contributed by atoms with van der Waals surface area (Å²) >= 11 is 0. The fraction of sp³-hybridized carbons (Fsp3) is 0. The Kier molecular flexibility index (Phi) is 3.62. The highest BCUT2D eigenvalue weighted by molar-refractivity contribution is 6.21. The Labute approximate surface area is 279 Å². The molecule has 0 bridgehead atoms. The van der Waals surface area contributed by atoms with Crippen LogP contribution in [0, 0.1) is 0 Å². The van der Waals surface area contributed by atoms with Crippen molar-refractivity contribution in [1.29, 1.82) is 0 Å². The lowest BCUT2D eigenvalue weighted by molar-refractivity contribution is 0.669. The van der Waals surface area contributed by atoms with Crippen LogP contribution < -0.4 is 0 Å². The zero-order valence-corrected chi connectivity index (χ0v) is 23.6. The van der Waals surface area contributed by atoms with E-state index in [9.17, 15) is 2.74 Å².